The zero-order chi connectivity index (χ0) is 11.5. The Morgan fingerprint density at radius 3 is 2.40 bits per heavy atom. The van der Waals surface area contributed by atoms with Gasteiger partial charge in [-0.1, -0.05) is 27.2 Å². The number of carbonyl (C=O) groups excluding carboxylic acids is 1. The first-order chi connectivity index (χ1) is 6.96. The minimum atomic E-state index is -0.232. The Balaban J connectivity index is 2.42. The van der Waals surface area contributed by atoms with Gasteiger partial charge < -0.3 is 11.1 Å². The van der Waals surface area contributed by atoms with E-state index < -0.39 is 0 Å². The third kappa shape index (κ3) is 2.71. The minimum Gasteiger partial charge on any atom is -0.355 e. The molecule has 0 bridgehead atoms. The quantitative estimate of drug-likeness (QED) is 0.728. The topological polar surface area (TPSA) is 55.1 Å². The molecule has 0 aromatic heterocycles. The van der Waals surface area contributed by atoms with E-state index in [1.165, 1.54) is 0 Å². The molecule has 0 aromatic rings. The van der Waals surface area contributed by atoms with Crippen molar-refractivity contribution in [2.45, 2.75) is 46.5 Å². The summed E-state index contributed by atoms with van der Waals surface area (Å²) in [5.74, 6) is 0.165. The van der Waals surface area contributed by atoms with Crippen molar-refractivity contribution < 1.29 is 4.79 Å². The van der Waals surface area contributed by atoms with Gasteiger partial charge in [-0.2, -0.15) is 0 Å². The number of amides is 1. The Labute approximate surface area is 92.8 Å². The lowest BCUT2D eigenvalue weighted by molar-refractivity contribution is -0.135. The van der Waals surface area contributed by atoms with Crippen LogP contribution in [0.1, 0.15) is 46.5 Å². The molecular weight excluding hydrogens is 188 g/mol. The zero-order valence-electron chi connectivity index (χ0n) is 10.2. The van der Waals surface area contributed by atoms with Crippen molar-refractivity contribution in [3.8, 4) is 0 Å². The first-order valence-corrected chi connectivity index (χ1v) is 5.94. The molecule has 0 heterocycles. The van der Waals surface area contributed by atoms with Crippen molar-refractivity contribution in [1.29, 1.82) is 0 Å². The first-order valence-electron chi connectivity index (χ1n) is 5.94. The molecule has 0 atom stereocenters. The van der Waals surface area contributed by atoms with Crippen LogP contribution in [0, 0.1) is 10.8 Å². The summed E-state index contributed by atoms with van der Waals surface area (Å²) in [7, 11) is 0. The standard InChI is InChI=1S/C12H24N2O/c1-4-11(2,3)9-14-10(15)12(8-13)6-5-7-12/h4-9,13H2,1-3H3,(H,14,15). The average molecular weight is 212 g/mol. The third-order valence-corrected chi connectivity index (χ3v) is 3.87. The van der Waals surface area contributed by atoms with Gasteiger partial charge in [0.05, 0.1) is 5.41 Å². The zero-order valence-corrected chi connectivity index (χ0v) is 10.2. The van der Waals surface area contributed by atoms with E-state index in [0.29, 0.717) is 6.54 Å². The van der Waals surface area contributed by atoms with Crippen LogP contribution in [0.15, 0.2) is 0 Å². The van der Waals surface area contributed by atoms with E-state index in [4.69, 9.17) is 5.73 Å². The number of rotatable bonds is 5. The lowest BCUT2D eigenvalue weighted by atomic mass is 9.68. The molecule has 3 nitrogen and oxygen atoms in total. The third-order valence-electron chi connectivity index (χ3n) is 3.87. The molecular formula is C12H24N2O. The molecule has 1 amide bonds. The van der Waals surface area contributed by atoms with Crippen molar-refractivity contribution in [3.05, 3.63) is 0 Å². The van der Waals surface area contributed by atoms with Crippen LogP contribution in [0.2, 0.25) is 0 Å². The van der Waals surface area contributed by atoms with E-state index in [2.05, 4.69) is 26.1 Å². The lowest BCUT2D eigenvalue weighted by Crippen LogP contribution is -2.51. The summed E-state index contributed by atoms with van der Waals surface area (Å²) < 4.78 is 0. The van der Waals surface area contributed by atoms with Gasteiger partial charge in [0.1, 0.15) is 0 Å². The van der Waals surface area contributed by atoms with Crippen LogP contribution in [-0.2, 0) is 4.79 Å². The molecule has 0 spiro atoms. The number of hydrogen-bond donors (Lipinski definition) is 2. The summed E-state index contributed by atoms with van der Waals surface area (Å²) in [4.78, 5) is 11.9. The van der Waals surface area contributed by atoms with Crippen LogP contribution >= 0.6 is 0 Å². The molecule has 1 aliphatic rings. The Bertz CT molecular complexity index is 226. The van der Waals surface area contributed by atoms with E-state index in [-0.39, 0.29) is 16.7 Å². The highest BCUT2D eigenvalue weighted by Crippen LogP contribution is 2.40. The van der Waals surface area contributed by atoms with Gasteiger partial charge in [0, 0.05) is 13.1 Å². The normalized spacial score (nSPS) is 19.5. The minimum absolute atomic E-state index is 0.165. The molecule has 3 heteroatoms. The van der Waals surface area contributed by atoms with Crippen molar-refractivity contribution >= 4 is 5.91 Å². The largest absolute Gasteiger partial charge is 0.355 e. The van der Waals surface area contributed by atoms with Gasteiger partial charge in [-0.25, -0.2) is 0 Å². The highest BCUT2D eigenvalue weighted by molar-refractivity contribution is 5.83. The predicted molar refractivity (Wildman–Crippen MR) is 62.4 cm³/mol. The number of hydrogen-bond acceptors (Lipinski definition) is 2. The molecule has 0 aromatic carbocycles. The fraction of sp³-hybridized carbons (Fsp3) is 0.917. The lowest BCUT2D eigenvalue weighted by Gasteiger charge is -2.40. The Hall–Kier alpha value is -0.570. The van der Waals surface area contributed by atoms with Gasteiger partial charge in [0.15, 0.2) is 0 Å². The van der Waals surface area contributed by atoms with Gasteiger partial charge in [-0.15, -0.1) is 0 Å². The van der Waals surface area contributed by atoms with Crippen LogP contribution in [0.3, 0.4) is 0 Å². The van der Waals surface area contributed by atoms with Crippen LogP contribution in [0.5, 0.6) is 0 Å². The Morgan fingerprint density at radius 1 is 1.47 bits per heavy atom. The van der Waals surface area contributed by atoms with Gasteiger partial charge in [0.25, 0.3) is 0 Å². The second kappa shape index (κ2) is 4.52. The number of nitrogens with one attached hydrogen (secondary N) is 1. The average Bonchev–Trinajstić information content (AvgIpc) is 2.14. The fourth-order valence-corrected chi connectivity index (χ4v) is 1.76. The summed E-state index contributed by atoms with van der Waals surface area (Å²) in [6.45, 7) is 7.73. The van der Waals surface area contributed by atoms with E-state index in [1.54, 1.807) is 0 Å². The van der Waals surface area contributed by atoms with E-state index in [9.17, 15) is 4.79 Å². The van der Waals surface area contributed by atoms with E-state index in [0.717, 1.165) is 32.2 Å². The maximum absolute atomic E-state index is 11.9. The van der Waals surface area contributed by atoms with Crippen LogP contribution in [0.25, 0.3) is 0 Å². The van der Waals surface area contributed by atoms with E-state index in [1.807, 2.05) is 0 Å². The van der Waals surface area contributed by atoms with Crippen molar-refractivity contribution in [1.82, 2.24) is 5.32 Å². The maximum Gasteiger partial charge on any atom is 0.227 e. The summed E-state index contributed by atoms with van der Waals surface area (Å²) in [6, 6.07) is 0. The van der Waals surface area contributed by atoms with Gasteiger partial charge in [-0.3, -0.25) is 4.79 Å². The molecule has 1 rings (SSSR count). The molecule has 1 saturated carbocycles. The summed E-state index contributed by atoms with van der Waals surface area (Å²) >= 11 is 0. The fourth-order valence-electron chi connectivity index (χ4n) is 1.76. The van der Waals surface area contributed by atoms with Crippen LogP contribution < -0.4 is 11.1 Å². The van der Waals surface area contributed by atoms with E-state index >= 15 is 0 Å². The molecule has 0 radical (unpaired) electrons. The molecule has 0 saturated heterocycles. The van der Waals surface area contributed by atoms with Crippen LogP contribution in [-0.4, -0.2) is 19.0 Å². The summed E-state index contributed by atoms with van der Waals surface area (Å²) in [5.41, 5.74) is 5.64. The molecule has 88 valence electrons. The van der Waals surface area contributed by atoms with Crippen LogP contribution in [0.4, 0.5) is 0 Å². The van der Waals surface area contributed by atoms with Crippen molar-refractivity contribution in [2.75, 3.05) is 13.1 Å². The SMILES string of the molecule is CCC(C)(C)CNC(=O)C1(CN)CCC1. The number of carbonyl (C=O) groups is 1. The molecule has 0 aliphatic heterocycles. The summed E-state index contributed by atoms with van der Waals surface area (Å²) in [5, 5.41) is 3.05. The Morgan fingerprint density at radius 2 is 2.07 bits per heavy atom. The smallest absolute Gasteiger partial charge is 0.227 e. The highest BCUT2D eigenvalue weighted by atomic mass is 16.2. The van der Waals surface area contributed by atoms with Gasteiger partial charge in [0.2, 0.25) is 5.91 Å². The number of nitrogens with two attached hydrogens (primary N) is 1. The Kier molecular flexibility index (Phi) is 3.77. The van der Waals surface area contributed by atoms with Gasteiger partial charge in [-0.05, 0) is 24.7 Å². The first kappa shape index (κ1) is 12.5. The second-order valence-electron chi connectivity index (χ2n) is 5.54. The predicted octanol–water partition coefficient (Wildman–Crippen LogP) is 1.67. The molecule has 15 heavy (non-hydrogen) atoms. The maximum atomic E-state index is 11.9. The van der Waals surface area contributed by atoms with Gasteiger partial charge >= 0.3 is 0 Å². The summed E-state index contributed by atoms with van der Waals surface area (Å²) in [6.07, 6.45) is 4.13. The molecule has 0 unspecified atom stereocenters. The molecule has 3 N–H and O–H groups in total. The molecule has 1 fully saturated rings. The monoisotopic (exact) mass is 212 g/mol. The van der Waals surface area contributed by atoms with Crippen molar-refractivity contribution in [2.24, 2.45) is 16.6 Å². The van der Waals surface area contributed by atoms with Crippen molar-refractivity contribution in [3.63, 3.8) is 0 Å². The second-order valence-corrected chi connectivity index (χ2v) is 5.54. The molecule has 1 aliphatic carbocycles. The highest BCUT2D eigenvalue weighted by Gasteiger charge is 2.42.